The Morgan fingerprint density at radius 3 is 2.00 bits per heavy atom. The van der Waals surface area contributed by atoms with E-state index in [1.54, 1.807) is 0 Å². The van der Waals surface area contributed by atoms with Gasteiger partial charge in [-0.25, -0.2) is 0 Å². The van der Waals surface area contributed by atoms with Crippen LogP contribution in [0.1, 0.15) is 38.3 Å². The molecule has 0 aliphatic carbocycles. The van der Waals surface area contributed by atoms with Crippen molar-refractivity contribution in [2.24, 2.45) is 11.7 Å². The number of rotatable bonds is 5. The van der Waals surface area contributed by atoms with Gasteiger partial charge in [-0.2, -0.15) is 0 Å². The van der Waals surface area contributed by atoms with Crippen molar-refractivity contribution in [3.8, 4) is 0 Å². The summed E-state index contributed by atoms with van der Waals surface area (Å²) in [5.41, 5.74) is 8.77. The van der Waals surface area contributed by atoms with Crippen molar-refractivity contribution in [1.82, 2.24) is 0 Å². The van der Waals surface area contributed by atoms with Crippen molar-refractivity contribution in [1.29, 1.82) is 0 Å². The van der Waals surface area contributed by atoms with Crippen molar-refractivity contribution in [3.05, 3.63) is 35.4 Å². The Balaban J connectivity index is 2.63. The number of hydrogen-bond donors (Lipinski definition) is 1. The van der Waals surface area contributed by atoms with Gasteiger partial charge in [0.05, 0.1) is 0 Å². The van der Waals surface area contributed by atoms with E-state index in [9.17, 15) is 0 Å². The Morgan fingerprint density at radius 1 is 1.07 bits per heavy atom. The number of benzene rings is 1. The molecule has 0 radical (unpaired) electrons. The predicted octanol–water partition coefficient (Wildman–Crippen LogP) is 3.16. The fourth-order valence-electron chi connectivity index (χ4n) is 1.92. The second-order valence-corrected chi connectivity index (χ2v) is 4.40. The molecule has 1 aromatic rings. The minimum absolute atomic E-state index is 0.292. The van der Waals surface area contributed by atoms with Gasteiger partial charge in [0.2, 0.25) is 0 Å². The zero-order chi connectivity index (χ0) is 11.3. The highest BCUT2D eigenvalue weighted by Gasteiger charge is 2.11. The molecular formula is C14H23N. The first kappa shape index (κ1) is 12.3. The van der Waals surface area contributed by atoms with Gasteiger partial charge in [0.15, 0.2) is 0 Å². The Bertz CT molecular complexity index is 274. The molecule has 2 unspecified atom stereocenters. The summed E-state index contributed by atoms with van der Waals surface area (Å²) in [5.74, 6) is 0.609. The molecular weight excluding hydrogens is 182 g/mol. The zero-order valence-electron chi connectivity index (χ0n) is 10.2. The molecule has 0 spiro atoms. The van der Waals surface area contributed by atoms with E-state index in [4.69, 9.17) is 5.73 Å². The maximum atomic E-state index is 5.95. The van der Waals surface area contributed by atoms with Gasteiger partial charge in [0.1, 0.15) is 0 Å². The topological polar surface area (TPSA) is 26.0 Å². The molecule has 15 heavy (non-hydrogen) atoms. The lowest BCUT2D eigenvalue weighted by Gasteiger charge is -2.18. The van der Waals surface area contributed by atoms with Crippen LogP contribution in [-0.4, -0.2) is 6.04 Å². The maximum Gasteiger partial charge on any atom is 0.00418 e. The molecule has 1 aromatic carbocycles. The van der Waals surface area contributed by atoms with E-state index in [0.717, 1.165) is 19.3 Å². The van der Waals surface area contributed by atoms with Gasteiger partial charge in [-0.1, -0.05) is 44.5 Å². The second kappa shape index (κ2) is 5.92. The van der Waals surface area contributed by atoms with Crippen LogP contribution in [0.5, 0.6) is 0 Å². The molecule has 84 valence electrons. The Kier molecular flexibility index (Phi) is 4.83. The number of nitrogens with two attached hydrogens (primary N) is 1. The second-order valence-electron chi connectivity index (χ2n) is 4.40. The first-order valence-corrected chi connectivity index (χ1v) is 6.00. The van der Waals surface area contributed by atoms with E-state index in [0.29, 0.717) is 12.0 Å². The molecule has 0 aromatic heterocycles. The Hall–Kier alpha value is -0.820. The lowest BCUT2D eigenvalue weighted by Crippen LogP contribution is -2.27. The molecule has 2 N–H and O–H groups in total. The van der Waals surface area contributed by atoms with Crippen LogP contribution >= 0.6 is 0 Å². The summed E-state index contributed by atoms with van der Waals surface area (Å²) in [4.78, 5) is 0. The average molecular weight is 205 g/mol. The third kappa shape index (κ3) is 3.67. The van der Waals surface area contributed by atoms with Crippen LogP contribution in [0, 0.1) is 5.92 Å². The van der Waals surface area contributed by atoms with Gasteiger partial charge >= 0.3 is 0 Å². The molecule has 0 saturated heterocycles. The third-order valence-electron chi connectivity index (χ3n) is 3.20. The van der Waals surface area contributed by atoms with Crippen LogP contribution in [0.2, 0.25) is 0 Å². The van der Waals surface area contributed by atoms with Gasteiger partial charge in [0.25, 0.3) is 0 Å². The van der Waals surface area contributed by atoms with Crippen LogP contribution in [0.25, 0.3) is 0 Å². The van der Waals surface area contributed by atoms with Crippen LogP contribution in [0.3, 0.4) is 0 Å². The normalized spacial score (nSPS) is 14.9. The quantitative estimate of drug-likeness (QED) is 0.785. The molecule has 0 aliphatic rings. The number of aryl methyl sites for hydroxylation is 1. The minimum atomic E-state index is 0.292. The van der Waals surface area contributed by atoms with Crippen LogP contribution in [-0.2, 0) is 12.8 Å². The molecule has 0 heterocycles. The average Bonchev–Trinajstić information content (AvgIpc) is 2.26. The molecule has 0 fully saturated rings. The van der Waals surface area contributed by atoms with Crippen molar-refractivity contribution in [3.63, 3.8) is 0 Å². The van der Waals surface area contributed by atoms with E-state index in [1.807, 2.05) is 0 Å². The Labute approximate surface area is 93.7 Å². The summed E-state index contributed by atoms with van der Waals surface area (Å²) >= 11 is 0. The smallest absolute Gasteiger partial charge is 0.00418 e. The van der Waals surface area contributed by atoms with Crippen molar-refractivity contribution in [2.75, 3.05) is 0 Å². The van der Waals surface area contributed by atoms with Gasteiger partial charge in [-0.05, 0) is 36.8 Å². The van der Waals surface area contributed by atoms with Crippen LogP contribution in [0.4, 0.5) is 0 Å². The molecule has 1 rings (SSSR count). The van der Waals surface area contributed by atoms with Crippen LogP contribution < -0.4 is 5.73 Å². The van der Waals surface area contributed by atoms with E-state index in [1.165, 1.54) is 11.1 Å². The molecule has 1 nitrogen and oxygen atoms in total. The minimum Gasteiger partial charge on any atom is -0.328 e. The lowest BCUT2D eigenvalue weighted by atomic mass is 9.91. The molecule has 0 amide bonds. The highest BCUT2D eigenvalue weighted by Crippen LogP contribution is 2.15. The fourth-order valence-corrected chi connectivity index (χ4v) is 1.92. The summed E-state index contributed by atoms with van der Waals surface area (Å²) < 4.78 is 0. The standard InChI is InChI=1S/C14H23N/c1-4-12-6-8-13(9-7-12)10-14(5-2)11(3)15/h6-9,11,14H,4-5,10,15H2,1-3H3. The monoisotopic (exact) mass is 205 g/mol. The fraction of sp³-hybridized carbons (Fsp3) is 0.571. The first-order chi connectivity index (χ1) is 7.17. The SMILES string of the molecule is CCc1ccc(CC(CC)C(C)N)cc1. The first-order valence-electron chi connectivity index (χ1n) is 6.00. The van der Waals surface area contributed by atoms with Gasteiger partial charge in [-0.3, -0.25) is 0 Å². The maximum absolute atomic E-state index is 5.95. The number of hydrogen-bond acceptors (Lipinski definition) is 1. The molecule has 1 heteroatoms. The van der Waals surface area contributed by atoms with E-state index in [2.05, 4.69) is 45.0 Å². The largest absolute Gasteiger partial charge is 0.328 e. The highest BCUT2D eigenvalue weighted by molar-refractivity contribution is 5.22. The Morgan fingerprint density at radius 2 is 1.60 bits per heavy atom. The predicted molar refractivity (Wildman–Crippen MR) is 67.0 cm³/mol. The highest BCUT2D eigenvalue weighted by atomic mass is 14.6. The molecule has 0 bridgehead atoms. The summed E-state index contributed by atoms with van der Waals surface area (Å²) in [6, 6.07) is 9.22. The van der Waals surface area contributed by atoms with E-state index < -0.39 is 0 Å². The lowest BCUT2D eigenvalue weighted by molar-refractivity contribution is 0.427. The zero-order valence-corrected chi connectivity index (χ0v) is 10.2. The third-order valence-corrected chi connectivity index (χ3v) is 3.20. The van der Waals surface area contributed by atoms with Crippen molar-refractivity contribution in [2.45, 2.75) is 46.1 Å². The summed E-state index contributed by atoms with van der Waals surface area (Å²) in [5, 5.41) is 0. The summed E-state index contributed by atoms with van der Waals surface area (Å²) in [6.45, 7) is 6.51. The van der Waals surface area contributed by atoms with Crippen LogP contribution in [0.15, 0.2) is 24.3 Å². The molecule has 0 aliphatic heterocycles. The molecule has 2 atom stereocenters. The van der Waals surface area contributed by atoms with Gasteiger partial charge < -0.3 is 5.73 Å². The van der Waals surface area contributed by atoms with Crippen molar-refractivity contribution >= 4 is 0 Å². The van der Waals surface area contributed by atoms with E-state index in [-0.39, 0.29) is 0 Å². The van der Waals surface area contributed by atoms with E-state index >= 15 is 0 Å². The van der Waals surface area contributed by atoms with Crippen molar-refractivity contribution < 1.29 is 0 Å². The summed E-state index contributed by atoms with van der Waals surface area (Å²) in [6.07, 6.45) is 3.39. The summed E-state index contributed by atoms with van der Waals surface area (Å²) in [7, 11) is 0. The molecule has 0 saturated carbocycles. The van der Waals surface area contributed by atoms with Gasteiger partial charge in [-0.15, -0.1) is 0 Å². The van der Waals surface area contributed by atoms with Gasteiger partial charge in [0, 0.05) is 6.04 Å².